The SMILES string of the molecule is CCCN(Cc1ccc(N)cc1)C(=O)C1CCOCC1. The number of amides is 1. The van der Waals surface area contributed by atoms with Gasteiger partial charge in [-0.1, -0.05) is 19.1 Å². The molecule has 0 aromatic heterocycles. The van der Waals surface area contributed by atoms with Gasteiger partial charge >= 0.3 is 0 Å². The van der Waals surface area contributed by atoms with E-state index in [1.165, 1.54) is 0 Å². The van der Waals surface area contributed by atoms with Gasteiger partial charge in [0.1, 0.15) is 0 Å². The topological polar surface area (TPSA) is 55.6 Å². The molecule has 0 spiro atoms. The number of hydrogen-bond donors (Lipinski definition) is 1. The van der Waals surface area contributed by atoms with Crippen molar-refractivity contribution in [3.8, 4) is 0 Å². The first kappa shape index (κ1) is 14.9. The smallest absolute Gasteiger partial charge is 0.226 e. The second kappa shape index (κ2) is 7.29. The first-order chi connectivity index (χ1) is 9.70. The lowest BCUT2D eigenvalue weighted by atomic mass is 9.98. The van der Waals surface area contributed by atoms with Gasteiger partial charge in [-0.05, 0) is 37.0 Å². The molecule has 1 saturated heterocycles. The number of nitrogen functional groups attached to an aromatic ring is 1. The predicted octanol–water partition coefficient (Wildman–Crippen LogP) is 2.43. The van der Waals surface area contributed by atoms with E-state index in [0.717, 1.165) is 37.1 Å². The maximum absolute atomic E-state index is 12.6. The van der Waals surface area contributed by atoms with Crippen LogP contribution in [0.25, 0.3) is 0 Å². The monoisotopic (exact) mass is 276 g/mol. The van der Waals surface area contributed by atoms with Crippen LogP contribution in [0.4, 0.5) is 5.69 Å². The summed E-state index contributed by atoms with van der Waals surface area (Å²) >= 11 is 0. The molecule has 2 rings (SSSR count). The van der Waals surface area contributed by atoms with Gasteiger partial charge in [-0.25, -0.2) is 0 Å². The lowest BCUT2D eigenvalue weighted by Gasteiger charge is -2.29. The lowest BCUT2D eigenvalue weighted by Crippen LogP contribution is -2.38. The first-order valence-electron chi connectivity index (χ1n) is 7.41. The summed E-state index contributed by atoms with van der Waals surface area (Å²) in [7, 11) is 0. The third-order valence-electron chi connectivity index (χ3n) is 3.73. The summed E-state index contributed by atoms with van der Waals surface area (Å²) in [6.07, 6.45) is 2.67. The highest BCUT2D eigenvalue weighted by atomic mass is 16.5. The molecule has 0 saturated carbocycles. The second-order valence-corrected chi connectivity index (χ2v) is 5.39. The van der Waals surface area contributed by atoms with E-state index in [1.807, 2.05) is 29.2 Å². The van der Waals surface area contributed by atoms with Crippen LogP contribution in [0.5, 0.6) is 0 Å². The van der Waals surface area contributed by atoms with Crippen molar-refractivity contribution < 1.29 is 9.53 Å². The fourth-order valence-electron chi connectivity index (χ4n) is 2.58. The third-order valence-corrected chi connectivity index (χ3v) is 3.73. The van der Waals surface area contributed by atoms with Crippen LogP contribution in [0, 0.1) is 5.92 Å². The summed E-state index contributed by atoms with van der Waals surface area (Å²) in [6, 6.07) is 7.77. The summed E-state index contributed by atoms with van der Waals surface area (Å²) in [5, 5.41) is 0. The van der Waals surface area contributed by atoms with Gasteiger partial charge < -0.3 is 15.4 Å². The summed E-state index contributed by atoms with van der Waals surface area (Å²) in [5.74, 6) is 0.399. The van der Waals surface area contributed by atoms with E-state index in [-0.39, 0.29) is 11.8 Å². The molecule has 0 aliphatic carbocycles. The molecule has 1 aromatic rings. The molecule has 0 radical (unpaired) electrons. The summed E-state index contributed by atoms with van der Waals surface area (Å²) in [5.41, 5.74) is 7.59. The highest BCUT2D eigenvalue weighted by molar-refractivity contribution is 5.79. The van der Waals surface area contributed by atoms with E-state index in [9.17, 15) is 4.79 Å². The Morgan fingerprint density at radius 3 is 2.55 bits per heavy atom. The average Bonchev–Trinajstić information content (AvgIpc) is 2.49. The Morgan fingerprint density at radius 1 is 1.30 bits per heavy atom. The quantitative estimate of drug-likeness (QED) is 0.840. The Balaban J connectivity index is 2.01. The standard InChI is InChI=1S/C16H24N2O2/c1-2-9-18(12-13-3-5-15(17)6-4-13)16(19)14-7-10-20-11-8-14/h3-6,14H,2,7-12,17H2,1H3. The van der Waals surface area contributed by atoms with E-state index >= 15 is 0 Å². The fourth-order valence-corrected chi connectivity index (χ4v) is 2.58. The van der Waals surface area contributed by atoms with Crippen molar-refractivity contribution in [1.29, 1.82) is 0 Å². The largest absolute Gasteiger partial charge is 0.399 e. The molecule has 1 amide bonds. The number of nitrogens with zero attached hydrogens (tertiary/aromatic N) is 1. The highest BCUT2D eigenvalue weighted by Gasteiger charge is 2.25. The van der Waals surface area contributed by atoms with Gasteiger partial charge in [0.25, 0.3) is 0 Å². The van der Waals surface area contributed by atoms with Crippen LogP contribution >= 0.6 is 0 Å². The van der Waals surface area contributed by atoms with E-state index in [0.29, 0.717) is 19.8 Å². The minimum absolute atomic E-state index is 0.129. The van der Waals surface area contributed by atoms with Crippen molar-refractivity contribution in [3.05, 3.63) is 29.8 Å². The molecule has 4 heteroatoms. The Bertz CT molecular complexity index is 425. The van der Waals surface area contributed by atoms with Crippen molar-refractivity contribution in [2.24, 2.45) is 5.92 Å². The highest BCUT2D eigenvalue weighted by Crippen LogP contribution is 2.19. The van der Waals surface area contributed by atoms with Crippen LogP contribution in [0.2, 0.25) is 0 Å². The first-order valence-corrected chi connectivity index (χ1v) is 7.41. The van der Waals surface area contributed by atoms with E-state index in [1.54, 1.807) is 0 Å². The van der Waals surface area contributed by atoms with E-state index < -0.39 is 0 Å². The fraction of sp³-hybridized carbons (Fsp3) is 0.562. The van der Waals surface area contributed by atoms with Crippen LogP contribution < -0.4 is 5.73 Å². The minimum Gasteiger partial charge on any atom is -0.399 e. The van der Waals surface area contributed by atoms with Crippen LogP contribution in [0.3, 0.4) is 0 Å². The van der Waals surface area contributed by atoms with Gasteiger partial charge in [-0.15, -0.1) is 0 Å². The van der Waals surface area contributed by atoms with Crippen LogP contribution in [-0.2, 0) is 16.1 Å². The van der Waals surface area contributed by atoms with Crippen molar-refractivity contribution in [2.45, 2.75) is 32.7 Å². The Morgan fingerprint density at radius 2 is 1.95 bits per heavy atom. The molecular weight excluding hydrogens is 252 g/mol. The maximum Gasteiger partial charge on any atom is 0.226 e. The lowest BCUT2D eigenvalue weighted by molar-refractivity contribution is -0.139. The van der Waals surface area contributed by atoms with Gasteiger partial charge in [0.2, 0.25) is 5.91 Å². The van der Waals surface area contributed by atoms with Gasteiger partial charge in [-0.3, -0.25) is 4.79 Å². The molecule has 2 N–H and O–H groups in total. The van der Waals surface area contributed by atoms with Crippen LogP contribution in [0.1, 0.15) is 31.7 Å². The zero-order valence-electron chi connectivity index (χ0n) is 12.2. The van der Waals surface area contributed by atoms with Gasteiger partial charge in [0.05, 0.1) is 0 Å². The second-order valence-electron chi connectivity index (χ2n) is 5.39. The normalized spacial score (nSPS) is 16.1. The molecule has 0 bridgehead atoms. The summed E-state index contributed by atoms with van der Waals surface area (Å²) in [4.78, 5) is 14.6. The molecule has 1 heterocycles. The maximum atomic E-state index is 12.6. The third kappa shape index (κ3) is 3.97. The molecule has 1 aromatic carbocycles. The van der Waals surface area contributed by atoms with E-state index in [4.69, 9.17) is 10.5 Å². The molecule has 0 atom stereocenters. The zero-order chi connectivity index (χ0) is 14.4. The number of nitrogens with two attached hydrogens (primary N) is 1. The van der Waals surface area contributed by atoms with Gasteiger partial charge in [-0.2, -0.15) is 0 Å². The number of ether oxygens (including phenoxy) is 1. The number of carbonyl (C=O) groups is 1. The molecule has 110 valence electrons. The van der Waals surface area contributed by atoms with Crippen molar-refractivity contribution in [3.63, 3.8) is 0 Å². The number of anilines is 1. The number of carbonyl (C=O) groups excluding carboxylic acids is 1. The summed E-state index contributed by atoms with van der Waals surface area (Å²) in [6.45, 7) is 4.99. The van der Waals surface area contributed by atoms with Crippen molar-refractivity contribution in [2.75, 3.05) is 25.5 Å². The summed E-state index contributed by atoms with van der Waals surface area (Å²) < 4.78 is 5.34. The number of rotatable bonds is 5. The number of benzene rings is 1. The Labute approximate surface area is 120 Å². The Hall–Kier alpha value is -1.55. The number of hydrogen-bond acceptors (Lipinski definition) is 3. The van der Waals surface area contributed by atoms with Crippen LogP contribution in [-0.4, -0.2) is 30.6 Å². The Kier molecular flexibility index (Phi) is 5.41. The van der Waals surface area contributed by atoms with Gasteiger partial charge in [0.15, 0.2) is 0 Å². The average molecular weight is 276 g/mol. The molecule has 1 aliphatic heterocycles. The molecule has 0 unspecified atom stereocenters. The van der Waals surface area contributed by atoms with Crippen molar-refractivity contribution in [1.82, 2.24) is 4.90 Å². The molecular formula is C16H24N2O2. The zero-order valence-corrected chi connectivity index (χ0v) is 12.2. The van der Waals surface area contributed by atoms with Gasteiger partial charge in [0, 0.05) is 37.9 Å². The molecule has 20 heavy (non-hydrogen) atoms. The van der Waals surface area contributed by atoms with Crippen molar-refractivity contribution >= 4 is 11.6 Å². The molecule has 4 nitrogen and oxygen atoms in total. The predicted molar refractivity (Wildman–Crippen MR) is 80.1 cm³/mol. The minimum atomic E-state index is 0.129. The molecule has 1 aliphatic rings. The molecule has 1 fully saturated rings. The van der Waals surface area contributed by atoms with Crippen LogP contribution in [0.15, 0.2) is 24.3 Å². The van der Waals surface area contributed by atoms with E-state index in [2.05, 4.69) is 6.92 Å².